The van der Waals surface area contributed by atoms with E-state index >= 15 is 0 Å². The normalized spacial score (nSPS) is 15.9. The summed E-state index contributed by atoms with van der Waals surface area (Å²) in [4.78, 5) is 17.3. The predicted octanol–water partition coefficient (Wildman–Crippen LogP) is 1.74. The number of aliphatic hydroxyl groups is 1. The molecule has 7 heteroatoms. The molecule has 154 valence electrons. The van der Waals surface area contributed by atoms with Crippen molar-refractivity contribution >= 4 is 16.9 Å². The molecule has 0 bridgehead atoms. The van der Waals surface area contributed by atoms with Crippen LogP contribution in [0.1, 0.15) is 23.0 Å². The third kappa shape index (κ3) is 4.32. The predicted molar refractivity (Wildman–Crippen MR) is 109 cm³/mol. The van der Waals surface area contributed by atoms with E-state index in [4.69, 9.17) is 14.6 Å². The van der Waals surface area contributed by atoms with Crippen LogP contribution < -0.4 is 4.74 Å². The number of fused-ring (bicyclic) bond motifs is 1. The van der Waals surface area contributed by atoms with E-state index in [1.54, 1.807) is 7.11 Å². The Morgan fingerprint density at radius 3 is 2.39 bits per heavy atom. The lowest BCUT2D eigenvalue weighted by Crippen LogP contribution is -2.47. The molecule has 1 saturated heterocycles. The number of benzene rings is 1. The maximum Gasteiger partial charge on any atom is 0.340 e. The van der Waals surface area contributed by atoms with E-state index < -0.39 is 0 Å². The third-order valence-electron chi connectivity index (χ3n) is 5.53. The highest BCUT2D eigenvalue weighted by Crippen LogP contribution is 2.30. The van der Waals surface area contributed by atoms with Gasteiger partial charge in [0.1, 0.15) is 5.75 Å². The first-order chi connectivity index (χ1) is 13.6. The molecule has 0 spiro atoms. The van der Waals surface area contributed by atoms with Crippen LogP contribution in [0, 0.1) is 6.92 Å². The van der Waals surface area contributed by atoms with Crippen LogP contribution in [0.2, 0.25) is 0 Å². The molecule has 1 N–H and O–H groups in total. The van der Waals surface area contributed by atoms with E-state index in [0.29, 0.717) is 12.2 Å². The summed E-state index contributed by atoms with van der Waals surface area (Å²) in [6.07, 6.45) is 0. The van der Waals surface area contributed by atoms with Crippen molar-refractivity contribution in [2.45, 2.75) is 20.4 Å². The van der Waals surface area contributed by atoms with Crippen LogP contribution in [0.3, 0.4) is 0 Å². The van der Waals surface area contributed by atoms with Crippen molar-refractivity contribution < 1.29 is 19.4 Å². The number of rotatable bonds is 8. The monoisotopic (exact) mass is 389 g/mol. The minimum Gasteiger partial charge on any atom is -0.497 e. The summed E-state index contributed by atoms with van der Waals surface area (Å²) in [6, 6.07) is 5.86. The van der Waals surface area contributed by atoms with E-state index in [0.717, 1.165) is 68.2 Å². The van der Waals surface area contributed by atoms with E-state index in [9.17, 15) is 4.79 Å². The number of carbonyl (C=O) groups is 1. The maximum atomic E-state index is 12.6. The van der Waals surface area contributed by atoms with E-state index in [-0.39, 0.29) is 12.6 Å². The van der Waals surface area contributed by atoms with Crippen LogP contribution in [0.4, 0.5) is 0 Å². The Kier molecular flexibility index (Phi) is 6.93. The summed E-state index contributed by atoms with van der Waals surface area (Å²) in [7, 11) is 1.63. The molecule has 0 amide bonds. The molecule has 2 aromatic rings. The smallest absolute Gasteiger partial charge is 0.340 e. The molecule has 0 unspecified atom stereocenters. The first kappa shape index (κ1) is 20.6. The summed E-state index contributed by atoms with van der Waals surface area (Å²) >= 11 is 0. The number of ether oxygens (including phenoxy) is 2. The van der Waals surface area contributed by atoms with Crippen LogP contribution in [0.25, 0.3) is 10.9 Å². The van der Waals surface area contributed by atoms with Crippen molar-refractivity contribution in [3.63, 3.8) is 0 Å². The third-order valence-corrected chi connectivity index (χ3v) is 5.53. The zero-order valence-corrected chi connectivity index (χ0v) is 17.1. The second kappa shape index (κ2) is 9.41. The van der Waals surface area contributed by atoms with Crippen molar-refractivity contribution in [1.29, 1.82) is 0 Å². The summed E-state index contributed by atoms with van der Waals surface area (Å²) < 4.78 is 12.9. The fraction of sp³-hybridized carbons (Fsp3) is 0.571. The molecule has 7 nitrogen and oxygen atoms in total. The molecule has 0 aliphatic carbocycles. The molecule has 1 aromatic heterocycles. The van der Waals surface area contributed by atoms with E-state index in [1.807, 2.05) is 32.0 Å². The van der Waals surface area contributed by atoms with Gasteiger partial charge in [-0.3, -0.25) is 9.80 Å². The molecular formula is C21H31N3O4. The number of aliphatic hydroxyl groups excluding tert-OH is 1. The van der Waals surface area contributed by atoms with E-state index in [1.165, 1.54) is 0 Å². The Labute approximate surface area is 166 Å². The SMILES string of the molecule is CCOC(=O)c1c(C)n(CCN2CCN(CCO)CC2)c2ccc(OC)cc12. The van der Waals surface area contributed by atoms with Gasteiger partial charge in [-0.25, -0.2) is 4.79 Å². The minimum absolute atomic E-state index is 0.217. The fourth-order valence-corrected chi connectivity index (χ4v) is 3.96. The van der Waals surface area contributed by atoms with Gasteiger partial charge in [-0.2, -0.15) is 0 Å². The average molecular weight is 389 g/mol. The summed E-state index contributed by atoms with van der Waals surface area (Å²) in [5.41, 5.74) is 2.59. The molecule has 1 aliphatic heterocycles. The second-order valence-corrected chi connectivity index (χ2v) is 7.12. The topological polar surface area (TPSA) is 67.2 Å². The number of β-amino-alcohol motifs (C(OH)–C–C–N with tert-alkyl or cyclic N) is 1. The summed E-state index contributed by atoms with van der Waals surface area (Å²) in [5.74, 6) is 0.449. The molecule has 1 fully saturated rings. The largest absolute Gasteiger partial charge is 0.497 e. The number of nitrogens with zero attached hydrogens (tertiary/aromatic N) is 3. The lowest BCUT2D eigenvalue weighted by atomic mass is 10.1. The fourth-order valence-electron chi connectivity index (χ4n) is 3.96. The molecule has 0 atom stereocenters. The molecule has 1 aliphatic rings. The number of hydrogen-bond donors (Lipinski definition) is 1. The highest BCUT2D eigenvalue weighted by atomic mass is 16.5. The number of piperazine rings is 1. The average Bonchev–Trinajstić information content (AvgIpc) is 2.98. The Bertz CT molecular complexity index is 810. The number of hydrogen-bond acceptors (Lipinski definition) is 6. The molecule has 3 rings (SSSR count). The highest BCUT2D eigenvalue weighted by molar-refractivity contribution is 6.06. The van der Waals surface area contributed by atoms with Gasteiger partial charge in [-0.05, 0) is 32.0 Å². The van der Waals surface area contributed by atoms with Gasteiger partial charge >= 0.3 is 5.97 Å². The molecule has 0 saturated carbocycles. The van der Waals surface area contributed by atoms with Gasteiger partial charge in [0.05, 0.1) is 25.9 Å². The van der Waals surface area contributed by atoms with Gasteiger partial charge in [0.25, 0.3) is 0 Å². The Hall–Kier alpha value is -2.09. The Balaban J connectivity index is 1.81. The molecule has 1 aromatic carbocycles. The van der Waals surface area contributed by atoms with Gasteiger partial charge in [-0.15, -0.1) is 0 Å². The molecule has 28 heavy (non-hydrogen) atoms. The maximum absolute atomic E-state index is 12.6. The minimum atomic E-state index is -0.283. The van der Waals surface area contributed by atoms with Crippen molar-refractivity contribution in [2.75, 3.05) is 59.6 Å². The summed E-state index contributed by atoms with van der Waals surface area (Å²) in [6.45, 7) is 10.8. The van der Waals surface area contributed by atoms with Crippen LogP contribution >= 0.6 is 0 Å². The van der Waals surface area contributed by atoms with Crippen molar-refractivity contribution in [1.82, 2.24) is 14.4 Å². The quantitative estimate of drug-likeness (QED) is 0.694. The van der Waals surface area contributed by atoms with Gasteiger partial charge in [0, 0.05) is 62.4 Å². The standard InChI is InChI=1S/C21H31N3O4/c1-4-28-21(26)20-16(2)24(19-6-5-17(27-3)15-18(19)20)12-11-22-7-9-23(10-8-22)13-14-25/h5-6,15,25H,4,7-14H2,1-3H3. The molecule has 0 radical (unpaired) electrons. The molecule has 2 heterocycles. The van der Waals surface area contributed by atoms with Crippen molar-refractivity contribution in [2.24, 2.45) is 0 Å². The van der Waals surface area contributed by atoms with Crippen molar-refractivity contribution in [3.05, 3.63) is 29.5 Å². The number of carbonyl (C=O) groups excluding carboxylic acids is 1. The van der Waals surface area contributed by atoms with Gasteiger partial charge < -0.3 is 19.1 Å². The van der Waals surface area contributed by atoms with Crippen LogP contribution in [-0.2, 0) is 11.3 Å². The number of esters is 1. The zero-order valence-electron chi connectivity index (χ0n) is 17.1. The Morgan fingerprint density at radius 2 is 1.79 bits per heavy atom. The second-order valence-electron chi connectivity index (χ2n) is 7.12. The zero-order chi connectivity index (χ0) is 20.1. The van der Waals surface area contributed by atoms with Crippen LogP contribution in [0.5, 0.6) is 5.75 Å². The van der Waals surface area contributed by atoms with Gasteiger partial charge in [0.15, 0.2) is 0 Å². The molecular weight excluding hydrogens is 358 g/mol. The first-order valence-electron chi connectivity index (χ1n) is 9.98. The van der Waals surface area contributed by atoms with Crippen LogP contribution in [0.15, 0.2) is 18.2 Å². The van der Waals surface area contributed by atoms with E-state index in [2.05, 4.69) is 14.4 Å². The first-order valence-corrected chi connectivity index (χ1v) is 9.98. The Morgan fingerprint density at radius 1 is 1.11 bits per heavy atom. The van der Waals surface area contributed by atoms with Gasteiger partial charge in [0.2, 0.25) is 0 Å². The lowest BCUT2D eigenvalue weighted by molar-refractivity contribution is 0.0527. The number of methoxy groups -OCH3 is 1. The lowest BCUT2D eigenvalue weighted by Gasteiger charge is -2.34. The van der Waals surface area contributed by atoms with Crippen LogP contribution in [-0.4, -0.2) is 85.0 Å². The van der Waals surface area contributed by atoms with Crippen molar-refractivity contribution in [3.8, 4) is 5.75 Å². The summed E-state index contributed by atoms with van der Waals surface area (Å²) in [5, 5.41) is 9.96. The highest BCUT2D eigenvalue weighted by Gasteiger charge is 2.22. The van der Waals surface area contributed by atoms with Gasteiger partial charge in [-0.1, -0.05) is 0 Å². The number of aromatic nitrogens is 1.